The van der Waals surface area contributed by atoms with Gasteiger partial charge in [0.1, 0.15) is 5.72 Å². The molecular weight excluding hydrogens is 272 g/mol. The summed E-state index contributed by atoms with van der Waals surface area (Å²) in [5.74, 6) is 0. The molecule has 2 saturated heterocycles. The molecule has 3 fully saturated rings. The smallest absolute Gasteiger partial charge is 0.135 e. The van der Waals surface area contributed by atoms with Gasteiger partial charge in [-0.15, -0.1) is 0 Å². The van der Waals surface area contributed by atoms with Gasteiger partial charge >= 0.3 is 0 Å². The van der Waals surface area contributed by atoms with Crippen LogP contribution in [-0.4, -0.2) is 34.9 Å². The Hall–Kier alpha value is -1.06. The normalized spacial score (nSPS) is 45.8. The number of rotatable bonds is 1. The summed E-state index contributed by atoms with van der Waals surface area (Å²) >= 11 is 0. The van der Waals surface area contributed by atoms with Gasteiger partial charge < -0.3 is 10.4 Å². The quantitative estimate of drug-likeness (QED) is 0.836. The van der Waals surface area contributed by atoms with Crippen LogP contribution in [0.5, 0.6) is 0 Å². The van der Waals surface area contributed by atoms with Crippen molar-refractivity contribution < 1.29 is 5.11 Å². The summed E-state index contributed by atoms with van der Waals surface area (Å²) in [5, 5.41) is 16.0. The molecule has 2 N–H and O–H groups in total. The third-order valence-electron chi connectivity index (χ3n) is 7.60. The first-order chi connectivity index (χ1) is 10.7. The lowest BCUT2D eigenvalue weighted by atomic mass is 9.50. The van der Waals surface area contributed by atoms with Crippen LogP contribution in [0, 0.1) is 5.41 Å². The Kier molecular flexibility index (Phi) is 2.47. The van der Waals surface area contributed by atoms with Gasteiger partial charge in [-0.1, -0.05) is 25.1 Å². The summed E-state index contributed by atoms with van der Waals surface area (Å²) in [6, 6.07) is 9.13. The van der Waals surface area contributed by atoms with E-state index >= 15 is 0 Å². The van der Waals surface area contributed by atoms with E-state index < -0.39 is 5.72 Å². The standard InChI is InChI=1S/C19H26N2O/c1-2-17-9-5-12-21-13-11-18(19(17,21)22)14-6-3-4-7-15(14)20-16(18)8-10-17/h3-4,6-7,16,20,22H,2,5,8-13H2,1H3. The van der Waals surface area contributed by atoms with Crippen molar-refractivity contribution >= 4 is 5.69 Å². The number of piperidine rings is 1. The maximum Gasteiger partial charge on any atom is 0.135 e. The average molecular weight is 298 g/mol. The number of nitrogens with zero attached hydrogens (tertiary/aromatic N) is 1. The molecule has 0 aromatic heterocycles. The molecule has 0 amide bonds. The Morgan fingerprint density at radius 1 is 1.23 bits per heavy atom. The van der Waals surface area contributed by atoms with Gasteiger partial charge in [-0.25, -0.2) is 0 Å². The highest BCUT2D eigenvalue weighted by atomic mass is 16.3. The van der Waals surface area contributed by atoms with Crippen LogP contribution in [0.2, 0.25) is 0 Å². The summed E-state index contributed by atoms with van der Waals surface area (Å²) in [6.07, 6.45) is 6.97. The van der Waals surface area contributed by atoms with Crippen molar-refractivity contribution in [3.63, 3.8) is 0 Å². The minimum absolute atomic E-state index is 0.0807. The maximum atomic E-state index is 12.2. The fourth-order valence-electron chi connectivity index (χ4n) is 6.67. The molecule has 4 aliphatic rings. The molecule has 1 saturated carbocycles. The molecule has 4 unspecified atom stereocenters. The zero-order valence-corrected chi connectivity index (χ0v) is 13.4. The predicted molar refractivity (Wildman–Crippen MR) is 87.9 cm³/mol. The van der Waals surface area contributed by atoms with E-state index in [0.717, 1.165) is 32.4 Å². The average Bonchev–Trinajstić information content (AvgIpc) is 3.04. The van der Waals surface area contributed by atoms with Crippen LogP contribution in [0.3, 0.4) is 0 Å². The van der Waals surface area contributed by atoms with Crippen molar-refractivity contribution in [2.45, 2.75) is 62.6 Å². The second-order valence-corrected chi connectivity index (χ2v) is 7.90. The lowest BCUT2D eigenvalue weighted by Gasteiger charge is -2.63. The van der Waals surface area contributed by atoms with Crippen molar-refractivity contribution in [1.29, 1.82) is 0 Å². The van der Waals surface area contributed by atoms with Crippen LogP contribution < -0.4 is 5.32 Å². The number of benzene rings is 1. The molecule has 4 atom stereocenters. The molecule has 1 spiro atoms. The first-order valence-corrected chi connectivity index (χ1v) is 9.01. The summed E-state index contributed by atoms with van der Waals surface area (Å²) in [6.45, 7) is 4.40. The van der Waals surface area contributed by atoms with Gasteiger partial charge in [0.15, 0.2) is 0 Å². The zero-order chi connectivity index (χ0) is 15.0. The number of para-hydroxylation sites is 1. The molecule has 1 aliphatic carbocycles. The number of nitrogens with one attached hydrogen (secondary N) is 1. The first-order valence-electron chi connectivity index (χ1n) is 9.01. The minimum Gasteiger partial charge on any atom is -0.381 e. The van der Waals surface area contributed by atoms with Crippen molar-refractivity contribution in [2.24, 2.45) is 5.41 Å². The summed E-state index contributed by atoms with van der Waals surface area (Å²) in [7, 11) is 0. The third kappa shape index (κ3) is 1.18. The van der Waals surface area contributed by atoms with Crippen LogP contribution in [0.25, 0.3) is 0 Å². The van der Waals surface area contributed by atoms with E-state index in [-0.39, 0.29) is 10.8 Å². The van der Waals surface area contributed by atoms with Crippen LogP contribution in [0.4, 0.5) is 5.69 Å². The molecule has 22 heavy (non-hydrogen) atoms. The van der Waals surface area contributed by atoms with E-state index in [9.17, 15) is 5.11 Å². The molecule has 0 bridgehead atoms. The fraction of sp³-hybridized carbons (Fsp3) is 0.684. The van der Waals surface area contributed by atoms with E-state index in [2.05, 4.69) is 41.4 Å². The van der Waals surface area contributed by atoms with Crippen molar-refractivity contribution in [2.75, 3.05) is 18.4 Å². The zero-order valence-electron chi connectivity index (χ0n) is 13.4. The Morgan fingerprint density at radius 2 is 2.09 bits per heavy atom. The van der Waals surface area contributed by atoms with E-state index in [1.807, 2.05) is 0 Å². The SMILES string of the molecule is CCC12CCCN3CCC4(c5ccccc5NC4CC1)C32O. The Labute approximate surface area is 132 Å². The van der Waals surface area contributed by atoms with E-state index in [1.54, 1.807) is 0 Å². The van der Waals surface area contributed by atoms with Gasteiger partial charge in [-0.3, -0.25) is 4.90 Å². The topological polar surface area (TPSA) is 35.5 Å². The van der Waals surface area contributed by atoms with Gasteiger partial charge in [0, 0.05) is 30.2 Å². The number of anilines is 1. The van der Waals surface area contributed by atoms with Crippen LogP contribution >= 0.6 is 0 Å². The van der Waals surface area contributed by atoms with Crippen LogP contribution in [0.1, 0.15) is 51.0 Å². The lowest BCUT2D eigenvalue weighted by Crippen LogP contribution is -2.73. The number of hydrogen-bond acceptors (Lipinski definition) is 3. The molecule has 3 aliphatic heterocycles. The van der Waals surface area contributed by atoms with E-state index in [0.29, 0.717) is 6.04 Å². The van der Waals surface area contributed by atoms with Crippen LogP contribution in [-0.2, 0) is 5.41 Å². The molecule has 5 rings (SSSR count). The van der Waals surface area contributed by atoms with Gasteiger partial charge in [-0.2, -0.15) is 0 Å². The predicted octanol–water partition coefficient (Wildman–Crippen LogP) is 3.10. The Balaban J connectivity index is 1.79. The highest BCUT2D eigenvalue weighted by molar-refractivity contribution is 5.65. The second-order valence-electron chi connectivity index (χ2n) is 7.90. The Morgan fingerprint density at radius 3 is 2.95 bits per heavy atom. The monoisotopic (exact) mass is 298 g/mol. The highest BCUT2D eigenvalue weighted by Crippen LogP contribution is 2.68. The molecule has 1 aromatic rings. The van der Waals surface area contributed by atoms with Gasteiger partial charge in [0.25, 0.3) is 0 Å². The number of fused-ring (bicyclic) bond motifs is 1. The van der Waals surface area contributed by atoms with Gasteiger partial charge in [0.2, 0.25) is 0 Å². The highest BCUT2D eigenvalue weighted by Gasteiger charge is 2.75. The number of aliphatic hydroxyl groups is 1. The largest absolute Gasteiger partial charge is 0.381 e. The number of hydrogen-bond donors (Lipinski definition) is 2. The molecule has 1 aromatic carbocycles. The van der Waals surface area contributed by atoms with E-state index in [1.165, 1.54) is 30.5 Å². The Bertz CT molecular complexity index is 632. The lowest BCUT2D eigenvalue weighted by molar-refractivity contribution is -0.252. The summed E-state index contributed by atoms with van der Waals surface area (Å²) in [4.78, 5) is 2.44. The van der Waals surface area contributed by atoms with Crippen molar-refractivity contribution in [3.8, 4) is 0 Å². The molecule has 3 nitrogen and oxygen atoms in total. The van der Waals surface area contributed by atoms with Crippen LogP contribution in [0.15, 0.2) is 24.3 Å². The molecule has 0 radical (unpaired) electrons. The van der Waals surface area contributed by atoms with Gasteiger partial charge in [0.05, 0.1) is 5.41 Å². The van der Waals surface area contributed by atoms with E-state index in [4.69, 9.17) is 0 Å². The minimum atomic E-state index is -0.657. The van der Waals surface area contributed by atoms with Gasteiger partial charge in [-0.05, 0) is 50.2 Å². The molecule has 3 heterocycles. The summed E-state index contributed by atoms with van der Waals surface area (Å²) in [5.41, 5.74) is 1.97. The molecule has 118 valence electrons. The molecular formula is C19H26N2O. The first kappa shape index (κ1) is 13.4. The third-order valence-corrected chi connectivity index (χ3v) is 7.60. The van der Waals surface area contributed by atoms with Crippen molar-refractivity contribution in [1.82, 2.24) is 4.90 Å². The van der Waals surface area contributed by atoms with Crippen molar-refractivity contribution in [3.05, 3.63) is 29.8 Å². The fourth-order valence-corrected chi connectivity index (χ4v) is 6.67. The molecule has 3 heteroatoms. The summed E-state index contributed by atoms with van der Waals surface area (Å²) < 4.78 is 0. The second kappa shape index (κ2) is 4.07. The maximum absolute atomic E-state index is 12.2.